The molecule has 0 aliphatic heterocycles. The number of rotatable bonds is 5. The van der Waals surface area contributed by atoms with Gasteiger partial charge in [0.1, 0.15) is 0 Å². The largest absolute Gasteiger partial charge is 0.356 e. The summed E-state index contributed by atoms with van der Waals surface area (Å²) in [6.45, 7) is 2.69. The zero-order valence-electron chi connectivity index (χ0n) is 12.0. The van der Waals surface area contributed by atoms with Gasteiger partial charge in [-0.3, -0.25) is 4.79 Å². The van der Waals surface area contributed by atoms with Gasteiger partial charge in [0.25, 0.3) is 9.05 Å². The first-order valence-electron chi connectivity index (χ1n) is 7.19. The van der Waals surface area contributed by atoms with Gasteiger partial charge in [0, 0.05) is 23.1 Å². The first-order chi connectivity index (χ1) is 9.88. The molecule has 6 heteroatoms. The van der Waals surface area contributed by atoms with Gasteiger partial charge in [-0.15, -0.1) is 0 Å². The average molecular weight is 330 g/mol. The summed E-state index contributed by atoms with van der Waals surface area (Å²) in [6, 6.07) is 6.41. The Balaban J connectivity index is 1.82. The van der Waals surface area contributed by atoms with Gasteiger partial charge in [0.15, 0.2) is 0 Å². The number of carbonyl (C=O) groups is 1. The van der Waals surface area contributed by atoms with Crippen molar-refractivity contribution in [3.8, 4) is 0 Å². The van der Waals surface area contributed by atoms with E-state index in [0.717, 1.165) is 24.8 Å². The molecule has 21 heavy (non-hydrogen) atoms. The Labute approximate surface area is 130 Å². The first kappa shape index (κ1) is 16.3. The van der Waals surface area contributed by atoms with Crippen LogP contribution in [-0.4, -0.2) is 20.9 Å². The second-order valence-corrected chi connectivity index (χ2v) is 8.20. The van der Waals surface area contributed by atoms with Crippen molar-refractivity contribution in [3.05, 3.63) is 29.8 Å². The van der Waals surface area contributed by atoms with Crippen LogP contribution in [0, 0.1) is 11.8 Å². The van der Waals surface area contributed by atoms with Crippen LogP contribution in [0.25, 0.3) is 0 Å². The third kappa shape index (κ3) is 4.45. The van der Waals surface area contributed by atoms with Crippen LogP contribution in [-0.2, 0) is 20.3 Å². The Kier molecular flexibility index (Phi) is 5.27. The van der Waals surface area contributed by atoms with E-state index < -0.39 is 9.05 Å². The van der Waals surface area contributed by atoms with E-state index >= 15 is 0 Å². The van der Waals surface area contributed by atoms with E-state index in [1.807, 2.05) is 0 Å². The quantitative estimate of drug-likeness (QED) is 0.845. The number of hydrogen-bond acceptors (Lipinski definition) is 3. The third-order valence-electron chi connectivity index (χ3n) is 4.12. The maximum Gasteiger partial charge on any atom is 0.261 e. The fourth-order valence-corrected chi connectivity index (χ4v) is 3.58. The number of halogens is 1. The van der Waals surface area contributed by atoms with Crippen LogP contribution in [0.1, 0.15) is 31.7 Å². The monoisotopic (exact) mass is 329 g/mol. The predicted molar refractivity (Wildman–Crippen MR) is 82.7 cm³/mol. The van der Waals surface area contributed by atoms with Crippen LogP contribution in [0.15, 0.2) is 29.2 Å². The van der Waals surface area contributed by atoms with Crippen molar-refractivity contribution in [2.75, 3.05) is 6.54 Å². The zero-order valence-corrected chi connectivity index (χ0v) is 13.6. The third-order valence-corrected chi connectivity index (χ3v) is 5.49. The summed E-state index contributed by atoms with van der Waals surface area (Å²) in [4.78, 5) is 12.1. The molecule has 0 radical (unpaired) electrons. The molecular weight excluding hydrogens is 310 g/mol. The number of benzene rings is 1. The second-order valence-electron chi connectivity index (χ2n) is 5.64. The fraction of sp³-hybridized carbons (Fsp3) is 0.533. The molecule has 1 aromatic rings. The zero-order chi connectivity index (χ0) is 15.5. The lowest BCUT2D eigenvalue weighted by Crippen LogP contribution is -2.33. The molecule has 2 rings (SSSR count). The molecule has 2 unspecified atom stereocenters. The van der Waals surface area contributed by atoms with Crippen LogP contribution in [0.3, 0.4) is 0 Å². The van der Waals surface area contributed by atoms with Crippen molar-refractivity contribution in [1.29, 1.82) is 0 Å². The average Bonchev–Trinajstić information content (AvgIpc) is 2.84. The SMILES string of the molecule is CC1CCCC1C(=O)NCCc1ccc(S(=O)(=O)Cl)cc1. The highest BCUT2D eigenvalue weighted by Gasteiger charge is 2.29. The van der Waals surface area contributed by atoms with Crippen LogP contribution in [0.5, 0.6) is 0 Å². The van der Waals surface area contributed by atoms with E-state index in [2.05, 4.69) is 12.2 Å². The molecule has 1 fully saturated rings. The van der Waals surface area contributed by atoms with Gasteiger partial charge in [0.05, 0.1) is 4.90 Å². The second kappa shape index (κ2) is 6.79. The summed E-state index contributed by atoms with van der Waals surface area (Å²) >= 11 is 0. The summed E-state index contributed by atoms with van der Waals surface area (Å²) in [5.41, 5.74) is 0.971. The molecule has 1 amide bonds. The number of amides is 1. The highest BCUT2D eigenvalue weighted by Crippen LogP contribution is 2.31. The lowest BCUT2D eigenvalue weighted by molar-refractivity contribution is -0.125. The Morgan fingerprint density at radius 3 is 2.48 bits per heavy atom. The molecule has 2 atom stereocenters. The molecular formula is C15H20ClNO3S. The van der Waals surface area contributed by atoms with Gasteiger partial charge >= 0.3 is 0 Å². The van der Waals surface area contributed by atoms with E-state index in [1.54, 1.807) is 12.1 Å². The lowest BCUT2D eigenvalue weighted by Gasteiger charge is -2.15. The summed E-state index contributed by atoms with van der Waals surface area (Å²) in [6.07, 6.45) is 3.92. The Hall–Kier alpha value is -1.07. The molecule has 0 spiro atoms. The minimum Gasteiger partial charge on any atom is -0.356 e. The van der Waals surface area contributed by atoms with Crippen molar-refractivity contribution in [2.24, 2.45) is 11.8 Å². The molecule has 1 aliphatic carbocycles. The van der Waals surface area contributed by atoms with E-state index in [0.29, 0.717) is 18.9 Å². The van der Waals surface area contributed by atoms with Crippen LogP contribution in [0.4, 0.5) is 0 Å². The Bertz CT molecular complexity index is 598. The van der Waals surface area contributed by atoms with Crippen LogP contribution < -0.4 is 5.32 Å². The van der Waals surface area contributed by atoms with Crippen LogP contribution >= 0.6 is 10.7 Å². The highest BCUT2D eigenvalue weighted by molar-refractivity contribution is 8.13. The van der Waals surface area contributed by atoms with Gasteiger partial charge in [-0.2, -0.15) is 0 Å². The molecule has 0 bridgehead atoms. The van der Waals surface area contributed by atoms with Gasteiger partial charge in [-0.25, -0.2) is 8.42 Å². The maximum atomic E-state index is 12.0. The number of carbonyl (C=O) groups excluding carboxylic acids is 1. The molecule has 4 nitrogen and oxygen atoms in total. The molecule has 1 aliphatic rings. The predicted octanol–water partition coefficient (Wildman–Crippen LogP) is 2.71. The van der Waals surface area contributed by atoms with Crippen molar-refractivity contribution in [1.82, 2.24) is 5.32 Å². The van der Waals surface area contributed by atoms with Gasteiger partial charge in [-0.05, 0) is 42.9 Å². The summed E-state index contributed by atoms with van der Waals surface area (Å²) in [5, 5.41) is 2.97. The van der Waals surface area contributed by atoms with Crippen LogP contribution in [0.2, 0.25) is 0 Å². The van der Waals surface area contributed by atoms with Gasteiger partial charge in [0.2, 0.25) is 5.91 Å². The molecule has 1 saturated carbocycles. The number of hydrogen-bond donors (Lipinski definition) is 1. The molecule has 0 saturated heterocycles. The summed E-state index contributed by atoms with van der Waals surface area (Å²) < 4.78 is 22.3. The molecule has 116 valence electrons. The summed E-state index contributed by atoms with van der Waals surface area (Å²) in [5.74, 6) is 0.756. The van der Waals surface area contributed by atoms with Gasteiger partial charge in [-0.1, -0.05) is 25.5 Å². The van der Waals surface area contributed by atoms with Crippen molar-refractivity contribution < 1.29 is 13.2 Å². The molecule has 0 heterocycles. The first-order valence-corrected chi connectivity index (χ1v) is 9.50. The minimum absolute atomic E-state index is 0.0942. The smallest absolute Gasteiger partial charge is 0.261 e. The summed E-state index contributed by atoms with van der Waals surface area (Å²) in [7, 11) is 1.59. The maximum absolute atomic E-state index is 12.0. The van der Waals surface area contributed by atoms with Crippen molar-refractivity contribution in [3.63, 3.8) is 0 Å². The van der Waals surface area contributed by atoms with E-state index in [-0.39, 0.29) is 16.7 Å². The molecule has 1 N–H and O–H groups in total. The highest BCUT2D eigenvalue weighted by atomic mass is 35.7. The standard InChI is InChI=1S/C15H20ClNO3S/c1-11-3-2-4-14(11)15(18)17-10-9-12-5-7-13(8-6-12)21(16,19)20/h5-8,11,14H,2-4,9-10H2,1H3,(H,17,18). The minimum atomic E-state index is -3.67. The normalized spacial score (nSPS) is 22.2. The molecule has 1 aromatic carbocycles. The van der Waals surface area contributed by atoms with E-state index in [9.17, 15) is 13.2 Å². The molecule has 0 aromatic heterocycles. The lowest BCUT2D eigenvalue weighted by atomic mass is 9.97. The Morgan fingerprint density at radius 1 is 1.29 bits per heavy atom. The topological polar surface area (TPSA) is 63.2 Å². The Morgan fingerprint density at radius 2 is 1.95 bits per heavy atom. The van der Waals surface area contributed by atoms with Crippen molar-refractivity contribution in [2.45, 2.75) is 37.5 Å². The number of nitrogens with one attached hydrogen (secondary N) is 1. The van der Waals surface area contributed by atoms with Gasteiger partial charge < -0.3 is 5.32 Å². The van der Waals surface area contributed by atoms with E-state index in [4.69, 9.17) is 10.7 Å². The van der Waals surface area contributed by atoms with E-state index in [1.165, 1.54) is 12.1 Å². The van der Waals surface area contributed by atoms with Crippen molar-refractivity contribution >= 4 is 25.6 Å². The fourth-order valence-electron chi connectivity index (χ4n) is 2.81.